The third kappa shape index (κ3) is 3.96. The maximum Gasteiger partial charge on any atom is 0.143 e. The van der Waals surface area contributed by atoms with Gasteiger partial charge in [0, 0.05) is 32.7 Å². The third-order valence-corrected chi connectivity index (χ3v) is 10.8. The van der Waals surface area contributed by atoms with Crippen LogP contribution in [-0.4, -0.2) is 0 Å². The number of furan rings is 2. The first-order valence-corrected chi connectivity index (χ1v) is 17.4. The van der Waals surface area contributed by atoms with Gasteiger partial charge in [0.2, 0.25) is 0 Å². The molecular weight excluding hydrogens is 609 g/mol. The summed E-state index contributed by atoms with van der Waals surface area (Å²) in [6, 6.07) is 54.7. The summed E-state index contributed by atoms with van der Waals surface area (Å²) in [5, 5.41) is 12.0. The minimum atomic E-state index is 0.217. The quantitative estimate of drug-likeness (QED) is 0.180. The van der Waals surface area contributed by atoms with Crippen molar-refractivity contribution in [1.82, 2.24) is 0 Å². The van der Waals surface area contributed by atoms with Gasteiger partial charge in [0.25, 0.3) is 0 Å². The molecule has 10 aromatic rings. The highest BCUT2D eigenvalue weighted by molar-refractivity contribution is 6.22. The lowest BCUT2D eigenvalue weighted by atomic mass is 9.84. The van der Waals surface area contributed by atoms with E-state index < -0.39 is 0 Å². The van der Waals surface area contributed by atoms with E-state index in [1.54, 1.807) is 0 Å². The number of hydrogen-bond acceptors (Lipinski definition) is 2. The number of rotatable bonds is 3. The molecule has 2 heterocycles. The smallest absolute Gasteiger partial charge is 0.143 e. The van der Waals surface area contributed by atoms with E-state index in [0.717, 1.165) is 55.5 Å². The molecule has 0 bridgehead atoms. The molecule has 0 saturated carbocycles. The maximum atomic E-state index is 6.47. The van der Waals surface area contributed by atoms with E-state index in [0.29, 0.717) is 0 Å². The molecule has 8 aromatic carbocycles. The Kier molecular flexibility index (Phi) is 5.82. The topological polar surface area (TPSA) is 26.3 Å². The van der Waals surface area contributed by atoms with Gasteiger partial charge in [-0.25, -0.2) is 0 Å². The lowest BCUT2D eigenvalue weighted by Crippen LogP contribution is -2.25. The van der Waals surface area contributed by atoms with Crippen LogP contribution in [0.1, 0.15) is 17.9 Å². The summed E-state index contributed by atoms with van der Waals surface area (Å²) in [6.07, 6.45) is 5.59. The van der Waals surface area contributed by atoms with E-state index in [-0.39, 0.29) is 5.92 Å². The van der Waals surface area contributed by atoms with Crippen molar-refractivity contribution in [3.05, 3.63) is 168 Å². The average Bonchev–Trinajstić information content (AvgIpc) is 3.76. The zero-order valence-electron chi connectivity index (χ0n) is 27.2. The fourth-order valence-corrected chi connectivity index (χ4v) is 8.56. The van der Waals surface area contributed by atoms with Crippen LogP contribution >= 0.6 is 0 Å². The Morgan fingerprint density at radius 2 is 1.04 bits per heavy atom. The van der Waals surface area contributed by atoms with Gasteiger partial charge in [-0.05, 0) is 91.5 Å². The molecule has 2 heteroatoms. The molecule has 0 N–H and O–H groups in total. The van der Waals surface area contributed by atoms with Crippen LogP contribution in [0.15, 0.2) is 160 Å². The zero-order chi connectivity index (χ0) is 32.8. The van der Waals surface area contributed by atoms with E-state index in [4.69, 9.17) is 8.83 Å². The van der Waals surface area contributed by atoms with Crippen molar-refractivity contribution in [3.63, 3.8) is 0 Å². The second kappa shape index (κ2) is 10.6. The number of para-hydroxylation sites is 1. The number of fused-ring (bicyclic) bond motifs is 11. The molecule has 50 heavy (non-hydrogen) atoms. The third-order valence-electron chi connectivity index (χ3n) is 10.8. The van der Waals surface area contributed by atoms with E-state index in [1.807, 2.05) is 12.1 Å². The maximum absolute atomic E-state index is 6.47. The highest BCUT2D eigenvalue weighted by Gasteiger charge is 2.20. The molecule has 0 aliphatic heterocycles. The summed E-state index contributed by atoms with van der Waals surface area (Å²) < 4.78 is 12.9. The fourth-order valence-electron chi connectivity index (χ4n) is 8.56. The van der Waals surface area contributed by atoms with Gasteiger partial charge in [-0.3, -0.25) is 0 Å². The van der Waals surface area contributed by atoms with Gasteiger partial charge in [-0.15, -0.1) is 0 Å². The molecule has 0 saturated heterocycles. The molecular formula is C48H30O2. The van der Waals surface area contributed by atoms with Crippen molar-refractivity contribution < 1.29 is 8.83 Å². The van der Waals surface area contributed by atoms with Crippen LogP contribution in [0.3, 0.4) is 0 Å². The molecule has 1 aliphatic carbocycles. The Bertz CT molecular complexity index is 3070. The van der Waals surface area contributed by atoms with Gasteiger partial charge in [-0.2, -0.15) is 0 Å². The van der Waals surface area contributed by atoms with Gasteiger partial charge in [-0.1, -0.05) is 133 Å². The van der Waals surface area contributed by atoms with Crippen LogP contribution in [0.4, 0.5) is 0 Å². The molecule has 1 atom stereocenters. The summed E-state index contributed by atoms with van der Waals surface area (Å²) in [4.78, 5) is 0. The highest BCUT2D eigenvalue weighted by atomic mass is 16.3. The average molecular weight is 639 g/mol. The summed E-state index contributed by atoms with van der Waals surface area (Å²) >= 11 is 0. The summed E-state index contributed by atoms with van der Waals surface area (Å²) in [5.74, 6) is 0.217. The molecule has 1 aliphatic rings. The Labute approximate surface area is 287 Å². The lowest BCUT2D eigenvalue weighted by molar-refractivity contribution is 0.570. The van der Waals surface area contributed by atoms with Crippen LogP contribution in [-0.2, 0) is 0 Å². The molecule has 2 aromatic heterocycles. The van der Waals surface area contributed by atoms with Crippen LogP contribution < -0.4 is 10.6 Å². The minimum Gasteiger partial charge on any atom is -0.456 e. The predicted octanol–water partition coefficient (Wildman–Crippen LogP) is 11.9. The summed E-state index contributed by atoms with van der Waals surface area (Å²) in [7, 11) is 0. The Morgan fingerprint density at radius 3 is 1.80 bits per heavy atom. The first-order valence-electron chi connectivity index (χ1n) is 17.4. The number of hydrogen-bond donors (Lipinski definition) is 0. The SMILES string of the molecule is C1=c2oc3ccc4c(ccc5c6ccccc6oc54)c3c2=CC(c2cccc(-c3c4ccccc4c(-c4ccccc4)c4ccccc34)c2)C1. The molecule has 0 amide bonds. The molecule has 2 nitrogen and oxygen atoms in total. The first kappa shape index (κ1) is 27.6. The fraction of sp³-hybridized carbons (Fsp3) is 0.0417. The molecule has 234 valence electrons. The molecule has 0 fully saturated rings. The molecule has 0 spiro atoms. The second-order valence-electron chi connectivity index (χ2n) is 13.5. The van der Waals surface area contributed by atoms with Gasteiger partial charge >= 0.3 is 0 Å². The van der Waals surface area contributed by atoms with E-state index in [9.17, 15) is 0 Å². The molecule has 1 unspecified atom stereocenters. The normalized spacial score (nSPS) is 14.4. The highest BCUT2D eigenvalue weighted by Crippen LogP contribution is 2.44. The van der Waals surface area contributed by atoms with Gasteiger partial charge < -0.3 is 8.83 Å². The number of benzene rings is 8. The van der Waals surface area contributed by atoms with Crippen molar-refractivity contribution >= 4 is 77.4 Å². The first-order chi connectivity index (χ1) is 24.8. The molecule has 0 radical (unpaired) electrons. The lowest BCUT2D eigenvalue weighted by Gasteiger charge is -2.19. The van der Waals surface area contributed by atoms with Gasteiger partial charge in [0.15, 0.2) is 0 Å². The van der Waals surface area contributed by atoms with E-state index in [1.165, 1.54) is 54.6 Å². The second-order valence-corrected chi connectivity index (χ2v) is 13.5. The van der Waals surface area contributed by atoms with Crippen LogP contribution in [0.5, 0.6) is 0 Å². The van der Waals surface area contributed by atoms with Gasteiger partial charge in [0.1, 0.15) is 22.2 Å². The van der Waals surface area contributed by atoms with Crippen molar-refractivity contribution in [2.24, 2.45) is 0 Å². The van der Waals surface area contributed by atoms with Crippen LogP contribution in [0.25, 0.3) is 99.6 Å². The Morgan fingerprint density at radius 1 is 0.440 bits per heavy atom. The summed E-state index contributed by atoms with van der Waals surface area (Å²) in [6.45, 7) is 0. The molecule has 11 rings (SSSR count). The van der Waals surface area contributed by atoms with Gasteiger partial charge in [0.05, 0.1) is 0 Å². The predicted molar refractivity (Wildman–Crippen MR) is 209 cm³/mol. The van der Waals surface area contributed by atoms with Crippen molar-refractivity contribution in [3.8, 4) is 22.3 Å². The largest absolute Gasteiger partial charge is 0.456 e. The van der Waals surface area contributed by atoms with E-state index >= 15 is 0 Å². The monoisotopic (exact) mass is 638 g/mol. The zero-order valence-corrected chi connectivity index (χ0v) is 27.2. The van der Waals surface area contributed by atoms with Crippen molar-refractivity contribution in [1.29, 1.82) is 0 Å². The van der Waals surface area contributed by atoms with Crippen LogP contribution in [0, 0.1) is 0 Å². The minimum absolute atomic E-state index is 0.217. The van der Waals surface area contributed by atoms with Crippen molar-refractivity contribution in [2.75, 3.05) is 0 Å². The van der Waals surface area contributed by atoms with Crippen LogP contribution in [0.2, 0.25) is 0 Å². The Hall–Kier alpha value is -6.38. The summed E-state index contributed by atoms with van der Waals surface area (Å²) in [5.41, 5.74) is 10.1. The Balaban J connectivity index is 1.10. The standard InChI is InChI=1S/C48H30O2/c1-2-11-29(12-3-1)45-34-16-4-6-18-36(34)46(37-19-7-5-17-35(37)45)32-14-10-13-30(27-32)31-21-25-43-41(28-31)47-38-22-23-39-33-15-8-9-20-42(33)50-48(39)40(38)24-26-44(47)49-43/h1-20,22-28,31H,21H2. The van der Waals surface area contributed by atoms with E-state index in [2.05, 4.69) is 152 Å². The van der Waals surface area contributed by atoms with Crippen molar-refractivity contribution in [2.45, 2.75) is 12.3 Å².